The van der Waals surface area contributed by atoms with Crippen LogP contribution in [0.5, 0.6) is 5.75 Å². The summed E-state index contributed by atoms with van der Waals surface area (Å²) in [6, 6.07) is 2.97. The van der Waals surface area contributed by atoms with Crippen LogP contribution in [0, 0.1) is 18.6 Å². The molecule has 1 aromatic carbocycles. The highest BCUT2D eigenvalue weighted by molar-refractivity contribution is 5.94. The molecule has 32 heavy (non-hydrogen) atoms. The lowest BCUT2D eigenvalue weighted by atomic mass is 10.2. The van der Waals surface area contributed by atoms with E-state index in [9.17, 15) is 28.3 Å². The second-order valence-corrected chi connectivity index (χ2v) is 7.77. The Hall–Kier alpha value is -3.43. The van der Waals surface area contributed by atoms with Gasteiger partial charge in [-0.05, 0) is 25.8 Å². The van der Waals surface area contributed by atoms with Crippen molar-refractivity contribution in [2.24, 2.45) is 0 Å². The number of nitrogens with zero attached hydrogens (tertiary/aromatic N) is 3. The topological polar surface area (TPSA) is 94.9 Å². The van der Waals surface area contributed by atoms with Crippen LogP contribution in [0.4, 0.5) is 8.78 Å². The van der Waals surface area contributed by atoms with Crippen LogP contribution < -0.4 is 15.8 Å². The molecule has 1 saturated heterocycles. The zero-order valence-electron chi connectivity index (χ0n) is 17.8. The molecule has 2 N–H and O–H groups in total. The van der Waals surface area contributed by atoms with Gasteiger partial charge in [-0.15, -0.1) is 0 Å². The number of benzene rings is 1. The summed E-state index contributed by atoms with van der Waals surface area (Å²) in [4.78, 5) is 38.3. The maximum atomic E-state index is 13.8. The minimum Gasteiger partial charge on any atom is -0.503 e. The number of aromatic nitrogens is 1. The monoisotopic (exact) mass is 448 g/mol. The summed E-state index contributed by atoms with van der Waals surface area (Å²) in [5.41, 5.74) is -0.889. The highest BCUT2D eigenvalue weighted by Gasteiger charge is 2.22. The lowest BCUT2D eigenvalue weighted by Gasteiger charge is -2.32. The van der Waals surface area contributed by atoms with E-state index in [2.05, 4.69) is 5.32 Å². The van der Waals surface area contributed by atoms with Gasteiger partial charge in [0.2, 0.25) is 11.8 Å². The van der Waals surface area contributed by atoms with E-state index in [0.29, 0.717) is 19.2 Å². The van der Waals surface area contributed by atoms with Gasteiger partial charge >= 0.3 is 0 Å². The fraction of sp³-hybridized carbons (Fsp3) is 0.409. The van der Waals surface area contributed by atoms with Gasteiger partial charge in [-0.2, -0.15) is 0 Å². The Morgan fingerprint density at radius 3 is 2.59 bits per heavy atom. The van der Waals surface area contributed by atoms with Gasteiger partial charge in [-0.3, -0.25) is 24.1 Å². The van der Waals surface area contributed by atoms with E-state index in [4.69, 9.17) is 0 Å². The Bertz CT molecular complexity index is 1060. The molecule has 0 bridgehead atoms. The number of aromatic hydroxyl groups is 1. The third kappa shape index (κ3) is 5.24. The van der Waals surface area contributed by atoms with Gasteiger partial charge in [0, 0.05) is 37.5 Å². The van der Waals surface area contributed by atoms with E-state index in [1.54, 1.807) is 16.8 Å². The first kappa shape index (κ1) is 23.2. The molecule has 0 unspecified atom stereocenters. The van der Waals surface area contributed by atoms with Gasteiger partial charge in [0.05, 0.1) is 5.69 Å². The number of pyridine rings is 1. The number of amides is 2. The van der Waals surface area contributed by atoms with E-state index < -0.39 is 28.7 Å². The second-order valence-electron chi connectivity index (χ2n) is 7.77. The second kappa shape index (κ2) is 10.3. The molecule has 10 heteroatoms. The van der Waals surface area contributed by atoms with E-state index in [1.807, 2.05) is 0 Å². The van der Waals surface area contributed by atoms with Crippen LogP contribution in [0.3, 0.4) is 0 Å². The zero-order chi connectivity index (χ0) is 23.3. The molecule has 0 spiro atoms. The van der Waals surface area contributed by atoms with Crippen LogP contribution in [0.15, 0.2) is 29.2 Å². The molecular weight excluding hydrogens is 422 g/mol. The molecular formula is C22H26F2N4O4. The van der Waals surface area contributed by atoms with Gasteiger partial charge in [0.25, 0.3) is 5.91 Å². The smallest absolute Gasteiger partial charge is 0.257 e. The predicted octanol–water partition coefficient (Wildman–Crippen LogP) is 2.00. The van der Waals surface area contributed by atoms with Crippen molar-refractivity contribution in [3.63, 3.8) is 0 Å². The highest BCUT2D eigenvalue weighted by Crippen LogP contribution is 2.16. The van der Waals surface area contributed by atoms with Crippen molar-refractivity contribution >= 4 is 12.3 Å². The molecule has 1 aromatic heterocycles. The molecule has 0 atom stereocenters. The van der Waals surface area contributed by atoms with Crippen molar-refractivity contribution in [3.8, 4) is 5.75 Å². The van der Waals surface area contributed by atoms with E-state index in [0.717, 1.165) is 38.2 Å². The fourth-order valence-electron chi connectivity index (χ4n) is 3.65. The number of hydrogen-bond acceptors (Lipinski definition) is 5. The largest absolute Gasteiger partial charge is 0.503 e. The Morgan fingerprint density at radius 1 is 1.19 bits per heavy atom. The minimum absolute atomic E-state index is 0.0538. The van der Waals surface area contributed by atoms with Crippen molar-refractivity contribution in [2.45, 2.75) is 39.2 Å². The first-order valence-electron chi connectivity index (χ1n) is 10.4. The number of rotatable bonds is 5. The van der Waals surface area contributed by atoms with Crippen LogP contribution in [0.1, 0.15) is 47.3 Å². The van der Waals surface area contributed by atoms with Crippen molar-refractivity contribution in [1.82, 2.24) is 14.9 Å². The van der Waals surface area contributed by atoms with Crippen molar-refractivity contribution in [3.05, 3.63) is 63.1 Å². The van der Waals surface area contributed by atoms with Crippen LogP contribution in [0.25, 0.3) is 0 Å². The number of halogens is 2. The predicted molar refractivity (Wildman–Crippen MR) is 114 cm³/mol. The van der Waals surface area contributed by atoms with E-state index in [1.165, 1.54) is 16.9 Å². The summed E-state index contributed by atoms with van der Waals surface area (Å²) in [7, 11) is 0. The number of hydrogen-bond donors (Lipinski definition) is 2. The first-order valence-corrected chi connectivity index (χ1v) is 10.4. The SMILES string of the molecule is Cc1c(O)c(=O)c(C(=O)NCc2ccc(F)cc2F)cn1N1CCCCCCN(C=O)C1. The standard InChI is InChI=1S/C22H26F2N4O4/c1-15-20(30)21(31)18(22(32)25-11-16-6-7-17(23)10-19(16)24)12-28(15)27-9-5-3-2-4-8-26(13-27)14-29/h6-7,10,12,14,30H,2-5,8-9,11,13H2,1H3,(H,25,32). The Morgan fingerprint density at radius 2 is 1.91 bits per heavy atom. The molecule has 3 rings (SSSR count). The van der Waals surface area contributed by atoms with Gasteiger partial charge < -0.3 is 15.3 Å². The number of nitrogens with one attached hydrogen (secondary N) is 1. The molecule has 172 valence electrons. The van der Waals surface area contributed by atoms with Gasteiger partial charge in [0.1, 0.15) is 23.9 Å². The normalized spacial score (nSPS) is 15.0. The van der Waals surface area contributed by atoms with Crippen LogP contribution in [-0.4, -0.2) is 46.8 Å². The Labute approximate surface area is 184 Å². The molecule has 1 aliphatic heterocycles. The summed E-state index contributed by atoms with van der Waals surface area (Å²) >= 11 is 0. The molecule has 0 saturated carbocycles. The van der Waals surface area contributed by atoms with Gasteiger partial charge in [0.15, 0.2) is 5.75 Å². The lowest BCUT2D eigenvalue weighted by Crippen LogP contribution is -2.46. The van der Waals surface area contributed by atoms with Crippen molar-refractivity contribution in [2.75, 3.05) is 24.8 Å². The molecule has 2 aromatic rings. The molecule has 1 fully saturated rings. The summed E-state index contributed by atoms with van der Waals surface area (Å²) < 4.78 is 28.4. The maximum absolute atomic E-state index is 13.8. The van der Waals surface area contributed by atoms with Crippen molar-refractivity contribution < 1.29 is 23.5 Å². The summed E-state index contributed by atoms with van der Waals surface area (Å²) in [6.45, 7) is 2.65. The highest BCUT2D eigenvalue weighted by atomic mass is 19.1. The molecule has 2 heterocycles. The molecule has 8 nitrogen and oxygen atoms in total. The average Bonchev–Trinajstić information content (AvgIpc) is 2.89. The fourth-order valence-corrected chi connectivity index (χ4v) is 3.65. The number of carbonyl (C=O) groups excluding carboxylic acids is 2. The molecule has 0 aliphatic carbocycles. The average molecular weight is 448 g/mol. The molecule has 2 amide bonds. The maximum Gasteiger partial charge on any atom is 0.257 e. The lowest BCUT2D eigenvalue weighted by molar-refractivity contribution is -0.118. The zero-order valence-corrected chi connectivity index (χ0v) is 17.8. The van der Waals surface area contributed by atoms with E-state index >= 15 is 0 Å². The quantitative estimate of drug-likeness (QED) is 0.683. The van der Waals surface area contributed by atoms with Crippen LogP contribution in [-0.2, 0) is 11.3 Å². The van der Waals surface area contributed by atoms with Gasteiger partial charge in [-0.1, -0.05) is 18.9 Å². The van der Waals surface area contributed by atoms with Gasteiger partial charge in [-0.25, -0.2) is 8.78 Å². The Kier molecular flexibility index (Phi) is 7.45. The van der Waals surface area contributed by atoms with Crippen LogP contribution in [0.2, 0.25) is 0 Å². The first-order chi connectivity index (χ1) is 15.3. The van der Waals surface area contributed by atoms with Crippen molar-refractivity contribution in [1.29, 1.82) is 0 Å². The minimum atomic E-state index is -0.854. The number of carbonyl (C=O) groups is 2. The van der Waals surface area contributed by atoms with Crippen LogP contribution >= 0.6 is 0 Å². The third-order valence-corrected chi connectivity index (χ3v) is 5.51. The molecule has 1 aliphatic rings. The summed E-state index contributed by atoms with van der Waals surface area (Å²) in [5.74, 6) is -2.94. The Balaban J connectivity index is 1.88. The van der Waals surface area contributed by atoms with E-state index in [-0.39, 0.29) is 30.0 Å². The summed E-state index contributed by atoms with van der Waals surface area (Å²) in [6.07, 6.45) is 5.74. The molecule has 0 radical (unpaired) electrons. The third-order valence-electron chi connectivity index (χ3n) is 5.51. The summed E-state index contributed by atoms with van der Waals surface area (Å²) in [5, 5.41) is 14.6.